The predicted molar refractivity (Wildman–Crippen MR) is 132 cm³/mol. The van der Waals surface area contributed by atoms with Crippen molar-refractivity contribution in [2.75, 3.05) is 0 Å². The minimum atomic E-state index is 0.946. The fourth-order valence-corrected chi connectivity index (χ4v) is 3.97. The van der Waals surface area contributed by atoms with Crippen LogP contribution in [0.15, 0.2) is 122 Å². The van der Waals surface area contributed by atoms with E-state index in [1.54, 1.807) is 6.08 Å². The Morgan fingerprint density at radius 1 is 0.500 bits per heavy atom. The predicted octanol–water partition coefficient (Wildman–Crippen LogP) is 8.53. The molecule has 0 nitrogen and oxygen atoms in total. The molecule has 0 aliphatic rings. The van der Waals surface area contributed by atoms with E-state index in [4.69, 9.17) is 0 Å². The molecule has 0 bridgehead atoms. The third kappa shape index (κ3) is 3.33. The van der Waals surface area contributed by atoms with Crippen LogP contribution in [0, 0.1) is 0 Å². The average molecular weight is 383 g/mol. The maximum Gasteiger partial charge on any atom is -0.0177 e. The molecule has 0 aliphatic heterocycles. The van der Waals surface area contributed by atoms with Crippen LogP contribution in [0.2, 0.25) is 0 Å². The van der Waals surface area contributed by atoms with E-state index in [1.807, 2.05) is 0 Å². The summed E-state index contributed by atoms with van der Waals surface area (Å²) in [5.74, 6) is 0. The lowest BCUT2D eigenvalue weighted by Crippen LogP contribution is -1.83. The molecule has 5 aromatic rings. The molecule has 0 heteroatoms. The first-order valence-corrected chi connectivity index (χ1v) is 10.2. The molecule has 0 fully saturated rings. The summed E-state index contributed by atoms with van der Waals surface area (Å²) in [4.78, 5) is 0. The summed E-state index contributed by atoms with van der Waals surface area (Å²) < 4.78 is 0. The van der Waals surface area contributed by atoms with Gasteiger partial charge in [0.1, 0.15) is 0 Å². The van der Waals surface area contributed by atoms with Crippen molar-refractivity contribution in [3.8, 4) is 22.3 Å². The highest BCUT2D eigenvalue weighted by molar-refractivity contribution is 5.93. The topological polar surface area (TPSA) is 0 Å². The Morgan fingerprint density at radius 3 is 1.50 bits per heavy atom. The van der Waals surface area contributed by atoms with E-state index < -0.39 is 0 Å². The number of allylic oxidation sites excluding steroid dienone is 2. The summed E-state index contributed by atoms with van der Waals surface area (Å²) >= 11 is 0. The maximum absolute atomic E-state index is 4.02. The standard InChI is InChI=1S/C30H22/c1-3-21(2)22-8-10-24(11-9-22)26-14-15-29-20-30(17-16-28(29)19-26)27-13-12-23-6-4-5-7-25(23)18-27/h3-20H,1-2H2. The molecule has 0 heterocycles. The maximum atomic E-state index is 4.02. The smallest absolute Gasteiger partial charge is 0.0177 e. The lowest BCUT2D eigenvalue weighted by atomic mass is 9.96. The van der Waals surface area contributed by atoms with Gasteiger partial charge in [-0.15, -0.1) is 0 Å². The van der Waals surface area contributed by atoms with Gasteiger partial charge in [0, 0.05) is 0 Å². The van der Waals surface area contributed by atoms with Crippen LogP contribution >= 0.6 is 0 Å². The van der Waals surface area contributed by atoms with Crippen molar-refractivity contribution in [3.05, 3.63) is 128 Å². The number of fused-ring (bicyclic) bond motifs is 2. The Labute approximate surface area is 177 Å². The average Bonchev–Trinajstić information content (AvgIpc) is 2.82. The lowest BCUT2D eigenvalue weighted by Gasteiger charge is -2.09. The van der Waals surface area contributed by atoms with Crippen molar-refractivity contribution in [3.63, 3.8) is 0 Å². The van der Waals surface area contributed by atoms with Crippen molar-refractivity contribution in [1.29, 1.82) is 0 Å². The second kappa shape index (κ2) is 7.50. The Kier molecular flexibility index (Phi) is 4.53. The van der Waals surface area contributed by atoms with Crippen LogP contribution < -0.4 is 0 Å². The Balaban J connectivity index is 1.50. The molecule has 30 heavy (non-hydrogen) atoms. The van der Waals surface area contributed by atoms with Gasteiger partial charge < -0.3 is 0 Å². The summed E-state index contributed by atoms with van der Waals surface area (Å²) in [5, 5.41) is 5.04. The van der Waals surface area contributed by atoms with Crippen LogP contribution in [0.1, 0.15) is 5.56 Å². The molecule has 0 spiro atoms. The molecular weight excluding hydrogens is 360 g/mol. The fourth-order valence-electron chi connectivity index (χ4n) is 3.97. The first kappa shape index (κ1) is 18.1. The van der Waals surface area contributed by atoms with Crippen molar-refractivity contribution in [1.82, 2.24) is 0 Å². The molecule has 0 aliphatic carbocycles. The van der Waals surface area contributed by atoms with Crippen LogP contribution in [0.25, 0.3) is 49.4 Å². The Morgan fingerprint density at radius 2 is 0.933 bits per heavy atom. The second-order valence-electron chi connectivity index (χ2n) is 7.65. The normalized spacial score (nSPS) is 10.9. The molecule has 5 aromatic carbocycles. The Bertz CT molecular complexity index is 1400. The van der Waals surface area contributed by atoms with Gasteiger partial charge in [0.2, 0.25) is 0 Å². The van der Waals surface area contributed by atoms with E-state index in [0.29, 0.717) is 0 Å². The SMILES string of the molecule is C=CC(=C)c1ccc(-c2ccc3cc(-c4ccc5ccccc5c4)ccc3c2)cc1. The summed E-state index contributed by atoms with van der Waals surface area (Å²) in [6.07, 6.45) is 1.79. The van der Waals surface area contributed by atoms with Gasteiger partial charge in [0.25, 0.3) is 0 Å². The number of hydrogen-bond acceptors (Lipinski definition) is 0. The van der Waals surface area contributed by atoms with Crippen LogP contribution in [0.3, 0.4) is 0 Å². The molecule has 0 unspecified atom stereocenters. The first-order valence-electron chi connectivity index (χ1n) is 10.2. The van der Waals surface area contributed by atoms with E-state index in [1.165, 1.54) is 43.8 Å². The van der Waals surface area contributed by atoms with Gasteiger partial charge in [0.15, 0.2) is 0 Å². The quantitative estimate of drug-likeness (QED) is 0.273. The zero-order valence-corrected chi connectivity index (χ0v) is 16.8. The molecule has 0 amide bonds. The van der Waals surface area contributed by atoms with Crippen molar-refractivity contribution in [2.24, 2.45) is 0 Å². The molecule has 5 rings (SSSR count). The highest BCUT2D eigenvalue weighted by Crippen LogP contribution is 2.30. The molecule has 142 valence electrons. The number of benzene rings is 5. The molecule has 0 aromatic heterocycles. The van der Waals surface area contributed by atoms with Gasteiger partial charge in [-0.3, -0.25) is 0 Å². The molecule has 0 atom stereocenters. The van der Waals surface area contributed by atoms with Crippen LogP contribution in [-0.2, 0) is 0 Å². The van der Waals surface area contributed by atoms with E-state index in [-0.39, 0.29) is 0 Å². The third-order valence-electron chi connectivity index (χ3n) is 5.76. The summed E-state index contributed by atoms with van der Waals surface area (Å²) in [5.41, 5.74) is 6.97. The number of hydrogen-bond donors (Lipinski definition) is 0. The first-order chi connectivity index (χ1) is 14.7. The summed E-state index contributed by atoms with van der Waals surface area (Å²) in [7, 11) is 0. The van der Waals surface area contributed by atoms with Gasteiger partial charge in [-0.05, 0) is 73.1 Å². The van der Waals surface area contributed by atoms with E-state index in [0.717, 1.165) is 11.1 Å². The zero-order valence-electron chi connectivity index (χ0n) is 16.8. The van der Waals surface area contributed by atoms with E-state index in [9.17, 15) is 0 Å². The number of rotatable bonds is 4. The van der Waals surface area contributed by atoms with Gasteiger partial charge in [0.05, 0.1) is 0 Å². The largest absolute Gasteiger partial charge is 0.0985 e. The molecule has 0 radical (unpaired) electrons. The minimum absolute atomic E-state index is 0.946. The molecule has 0 saturated heterocycles. The second-order valence-corrected chi connectivity index (χ2v) is 7.65. The van der Waals surface area contributed by atoms with Gasteiger partial charge in [-0.25, -0.2) is 0 Å². The summed E-state index contributed by atoms with van der Waals surface area (Å²) in [6, 6.07) is 37.1. The summed E-state index contributed by atoms with van der Waals surface area (Å²) in [6.45, 7) is 7.81. The van der Waals surface area contributed by atoms with Crippen LogP contribution in [-0.4, -0.2) is 0 Å². The minimum Gasteiger partial charge on any atom is -0.0985 e. The van der Waals surface area contributed by atoms with Crippen molar-refractivity contribution >= 4 is 27.1 Å². The van der Waals surface area contributed by atoms with Crippen LogP contribution in [0.4, 0.5) is 0 Å². The monoisotopic (exact) mass is 382 g/mol. The molecular formula is C30H22. The molecule has 0 saturated carbocycles. The highest BCUT2D eigenvalue weighted by atomic mass is 14.1. The highest BCUT2D eigenvalue weighted by Gasteiger charge is 2.04. The van der Waals surface area contributed by atoms with Gasteiger partial charge in [-0.1, -0.05) is 104 Å². The molecule has 0 N–H and O–H groups in total. The van der Waals surface area contributed by atoms with E-state index in [2.05, 4.69) is 116 Å². The van der Waals surface area contributed by atoms with Gasteiger partial charge >= 0.3 is 0 Å². The van der Waals surface area contributed by atoms with Crippen molar-refractivity contribution in [2.45, 2.75) is 0 Å². The van der Waals surface area contributed by atoms with Crippen LogP contribution in [0.5, 0.6) is 0 Å². The zero-order chi connectivity index (χ0) is 20.5. The van der Waals surface area contributed by atoms with Crippen molar-refractivity contribution < 1.29 is 0 Å². The fraction of sp³-hybridized carbons (Fsp3) is 0. The Hall–Kier alpha value is -3.90. The third-order valence-corrected chi connectivity index (χ3v) is 5.76. The van der Waals surface area contributed by atoms with E-state index >= 15 is 0 Å². The van der Waals surface area contributed by atoms with Gasteiger partial charge in [-0.2, -0.15) is 0 Å². The lowest BCUT2D eigenvalue weighted by molar-refractivity contribution is 1.60.